The maximum Gasteiger partial charge on any atom is 0.255 e. The Hall–Kier alpha value is -2.16. The van der Waals surface area contributed by atoms with E-state index in [1.165, 1.54) is 18.2 Å². The number of anilines is 1. The van der Waals surface area contributed by atoms with E-state index < -0.39 is 0 Å². The highest BCUT2D eigenvalue weighted by atomic mass is 19.1. The summed E-state index contributed by atoms with van der Waals surface area (Å²) in [5, 5.41) is 2.94. The van der Waals surface area contributed by atoms with Gasteiger partial charge in [0.25, 0.3) is 5.91 Å². The summed E-state index contributed by atoms with van der Waals surface area (Å²) in [5.74, 6) is -0.532. The second-order valence-corrected chi connectivity index (χ2v) is 4.88. The van der Waals surface area contributed by atoms with Gasteiger partial charge >= 0.3 is 0 Å². The van der Waals surface area contributed by atoms with E-state index in [2.05, 4.69) is 5.32 Å². The molecule has 0 heterocycles. The minimum atomic E-state index is -0.329. The molecule has 1 N–H and O–H groups in total. The molecule has 0 atom stereocenters. The molecule has 0 fully saturated rings. The van der Waals surface area contributed by atoms with E-state index >= 15 is 0 Å². The smallest absolute Gasteiger partial charge is 0.255 e. The lowest BCUT2D eigenvalue weighted by molar-refractivity contribution is 0.102. The molecule has 2 nitrogen and oxygen atoms in total. The van der Waals surface area contributed by atoms with Crippen molar-refractivity contribution in [1.82, 2.24) is 0 Å². The second-order valence-electron chi connectivity index (χ2n) is 4.88. The zero-order chi connectivity index (χ0) is 14.7. The molecule has 2 aromatic carbocycles. The Labute approximate surface area is 118 Å². The number of carbonyl (C=O) groups excluding carboxylic acids is 1. The van der Waals surface area contributed by atoms with E-state index in [1.807, 2.05) is 32.0 Å². The van der Waals surface area contributed by atoms with Crippen LogP contribution in [0, 0.1) is 19.7 Å². The molecule has 0 aliphatic carbocycles. The van der Waals surface area contributed by atoms with Crippen molar-refractivity contribution in [3.63, 3.8) is 0 Å². The lowest BCUT2D eigenvalue weighted by atomic mass is 10.0. The second kappa shape index (κ2) is 5.87. The third-order valence-corrected chi connectivity index (χ3v) is 3.41. The van der Waals surface area contributed by atoms with Crippen LogP contribution in [0.4, 0.5) is 10.1 Å². The molecule has 0 unspecified atom stereocenters. The number of benzene rings is 2. The summed E-state index contributed by atoms with van der Waals surface area (Å²) < 4.78 is 13.1. The van der Waals surface area contributed by atoms with Crippen LogP contribution in [-0.2, 0) is 6.42 Å². The first-order valence-electron chi connectivity index (χ1n) is 6.69. The average molecular weight is 271 g/mol. The summed E-state index contributed by atoms with van der Waals surface area (Å²) in [5.41, 5.74) is 4.10. The van der Waals surface area contributed by atoms with Crippen LogP contribution in [-0.4, -0.2) is 5.91 Å². The predicted octanol–water partition coefficient (Wildman–Crippen LogP) is 4.26. The molecule has 0 aliphatic heterocycles. The topological polar surface area (TPSA) is 29.1 Å². The van der Waals surface area contributed by atoms with E-state index in [-0.39, 0.29) is 11.7 Å². The van der Waals surface area contributed by atoms with Crippen molar-refractivity contribution < 1.29 is 9.18 Å². The largest absolute Gasteiger partial charge is 0.321 e. The fourth-order valence-corrected chi connectivity index (χ4v) is 2.26. The first kappa shape index (κ1) is 14.3. The molecule has 0 saturated heterocycles. The lowest BCUT2D eigenvalue weighted by Crippen LogP contribution is -2.15. The fraction of sp³-hybridized carbons (Fsp3) is 0.235. The molecule has 104 valence electrons. The molecular weight excluding hydrogens is 253 g/mol. The Morgan fingerprint density at radius 1 is 1.15 bits per heavy atom. The van der Waals surface area contributed by atoms with Crippen molar-refractivity contribution in [2.24, 2.45) is 0 Å². The SMILES string of the molecule is CCc1cccc(C)c1NC(=O)c1ccc(F)cc1C. The molecular formula is C17H18FNO. The number of carbonyl (C=O) groups is 1. The third kappa shape index (κ3) is 2.87. The van der Waals surface area contributed by atoms with Crippen LogP contribution in [0.2, 0.25) is 0 Å². The summed E-state index contributed by atoms with van der Waals surface area (Å²) in [6.45, 7) is 5.75. The molecule has 0 bridgehead atoms. The molecule has 3 heteroatoms. The molecule has 2 aromatic rings. The molecule has 1 amide bonds. The average Bonchev–Trinajstić information content (AvgIpc) is 2.40. The number of nitrogens with one attached hydrogen (secondary N) is 1. The number of aryl methyl sites for hydroxylation is 3. The summed E-state index contributed by atoms with van der Waals surface area (Å²) in [6.07, 6.45) is 0.847. The maximum absolute atomic E-state index is 13.1. The van der Waals surface area contributed by atoms with Gasteiger partial charge < -0.3 is 5.32 Å². The molecule has 0 aliphatic rings. The number of para-hydroxylation sites is 1. The van der Waals surface area contributed by atoms with Gasteiger partial charge in [0.15, 0.2) is 0 Å². The zero-order valence-corrected chi connectivity index (χ0v) is 12.0. The predicted molar refractivity (Wildman–Crippen MR) is 79.6 cm³/mol. The van der Waals surface area contributed by atoms with E-state index in [0.717, 1.165) is 23.2 Å². The minimum absolute atomic E-state index is 0.202. The van der Waals surface area contributed by atoms with Crippen molar-refractivity contribution in [3.05, 3.63) is 64.5 Å². The maximum atomic E-state index is 13.1. The van der Waals surface area contributed by atoms with Gasteiger partial charge in [0.1, 0.15) is 5.82 Å². The number of halogens is 1. The van der Waals surface area contributed by atoms with Crippen LogP contribution in [0.5, 0.6) is 0 Å². The Morgan fingerprint density at radius 2 is 1.90 bits per heavy atom. The highest BCUT2D eigenvalue weighted by Crippen LogP contribution is 2.22. The highest BCUT2D eigenvalue weighted by molar-refractivity contribution is 6.06. The quantitative estimate of drug-likeness (QED) is 0.888. The Morgan fingerprint density at radius 3 is 2.55 bits per heavy atom. The van der Waals surface area contributed by atoms with Crippen molar-refractivity contribution in [3.8, 4) is 0 Å². The van der Waals surface area contributed by atoms with Gasteiger partial charge in [-0.25, -0.2) is 4.39 Å². The molecule has 20 heavy (non-hydrogen) atoms. The van der Waals surface area contributed by atoms with Gasteiger partial charge in [-0.05, 0) is 55.2 Å². The molecule has 0 saturated carbocycles. The van der Waals surface area contributed by atoms with E-state index in [9.17, 15) is 9.18 Å². The summed E-state index contributed by atoms with van der Waals surface area (Å²) in [4.78, 5) is 12.3. The minimum Gasteiger partial charge on any atom is -0.321 e. The van der Waals surface area contributed by atoms with Crippen LogP contribution in [0.15, 0.2) is 36.4 Å². The third-order valence-electron chi connectivity index (χ3n) is 3.41. The Balaban J connectivity index is 2.33. The van der Waals surface area contributed by atoms with Gasteiger partial charge in [-0.1, -0.05) is 25.1 Å². The Kier molecular flexibility index (Phi) is 4.18. The standard InChI is InChI=1S/C17H18FNO/c1-4-13-7-5-6-11(2)16(13)19-17(20)15-9-8-14(18)10-12(15)3/h5-10H,4H2,1-3H3,(H,19,20). The van der Waals surface area contributed by atoms with Crippen LogP contribution in [0.3, 0.4) is 0 Å². The first-order valence-corrected chi connectivity index (χ1v) is 6.69. The van der Waals surface area contributed by atoms with Crippen LogP contribution < -0.4 is 5.32 Å². The zero-order valence-electron chi connectivity index (χ0n) is 12.0. The summed E-state index contributed by atoms with van der Waals surface area (Å²) in [7, 11) is 0. The van der Waals surface area contributed by atoms with E-state index in [1.54, 1.807) is 6.92 Å². The molecule has 0 aromatic heterocycles. The molecule has 2 rings (SSSR count). The normalized spacial score (nSPS) is 10.4. The van der Waals surface area contributed by atoms with Crippen molar-refractivity contribution >= 4 is 11.6 Å². The van der Waals surface area contributed by atoms with Gasteiger partial charge in [-0.15, -0.1) is 0 Å². The fourth-order valence-electron chi connectivity index (χ4n) is 2.26. The van der Waals surface area contributed by atoms with E-state index in [4.69, 9.17) is 0 Å². The summed E-state index contributed by atoms with van der Waals surface area (Å²) in [6, 6.07) is 10.1. The first-order chi connectivity index (χ1) is 9.52. The van der Waals surface area contributed by atoms with Gasteiger partial charge in [0.05, 0.1) is 0 Å². The van der Waals surface area contributed by atoms with Gasteiger partial charge in [-0.3, -0.25) is 4.79 Å². The molecule has 0 radical (unpaired) electrons. The summed E-state index contributed by atoms with van der Waals surface area (Å²) >= 11 is 0. The van der Waals surface area contributed by atoms with Crippen LogP contribution in [0.25, 0.3) is 0 Å². The van der Waals surface area contributed by atoms with Crippen molar-refractivity contribution in [2.75, 3.05) is 5.32 Å². The van der Waals surface area contributed by atoms with E-state index in [0.29, 0.717) is 11.1 Å². The van der Waals surface area contributed by atoms with Crippen LogP contribution in [0.1, 0.15) is 34.0 Å². The number of amides is 1. The molecule has 0 spiro atoms. The van der Waals surface area contributed by atoms with Gasteiger partial charge in [-0.2, -0.15) is 0 Å². The van der Waals surface area contributed by atoms with Gasteiger partial charge in [0.2, 0.25) is 0 Å². The van der Waals surface area contributed by atoms with Crippen molar-refractivity contribution in [2.45, 2.75) is 27.2 Å². The monoisotopic (exact) mass is 271 g/mol. The lowest BCUT2D eigenvalue weighted by Gasteiger charge is -2.14. The van der Waals surface area contributed by atoms with Gasteiger partial charge in [0, 0.05) is 11.3 Å². The highest BCUT2D eigenvalue weighted by Gasteiger charge is 2.13. The van der Waals surface area contributed by atoms with Crippen molar-refractivity contribution in [1.29, 1.82) is 0 Å². The number of hydrogen-bond acceptors (Lipinski definition) is 1. The van der Waals surface area contributed by atoms with Crippen LogP contribution >= 0.6 is 0 Å². The Bertz CT molecular complexity index is 649. The number of hydrogen-bond donors (Lipinski definition) is 1. The number of rotatable bonds is 3.